The van der Waals surface area contributed by atoms with Gasteiger partial charge in [0.25, 0.3) is 5.82 Å². The summed E-state index contributed by atoms with van der Waals surface area (Å²) >= 11 is 1.83. The van der Waals surface area contributed by atoms with E-state index in [1.807, 2.05) is 35.6 Å². The molecule has 0 aliphatic carbocycles. The molecule has 0 radical (unpaired) electrons. The lowest BCUT2D eigenvalue weighted by molar-refractivity contribution is 1.26. The summed E-state index contributed by atoms with van der Waals surface area (Å²) in [6.07, 6.45) is 3.38. The molecule has 0 saturated heterocycles. The smallest absolute Gasteiger partial charge is 0.270 e. The molecule has 49 heavy (non-hydrogen) atoms. The van der Waals surface area contributed by atoms with Crippen LogP contribution in [0.2, 0.25) is 0 Å². The van der Waals surface area contributed by atoms with E-state index in [1.165, 1.54) is 52.8 Å². The number of nitriles is 1. The molecule has 9 rings (SSSR count). The Kier molecular flexibility index (Phi) is 6.73. The number of hydrogen-bond acceptors (Lipinski definition) is 4. The monoisotopic (exact) mass is 640 g/mol. The highest BCUT2D eigenvalue weighted by molar-refractivity contribution is 7.25. The van der Waals surface area contributed by atoms with Crippen molar-refractivity contribution in [3.63, 3.8) is 0 Å². The topological polar surface area (TPSA) is 53.9 Å². The van der Waals surface area contributed by atoms with Crippen LogP contribution in [-0.4, -0.2) is 9.97 Å². The highest BCUT2D eigenvalue weighted by Gasteiger charge is 2.19. The number of aromatic nitrogens is 2. The minimum absolute atomic E-state index is 0.391. The van der Waals surface area contributed by atoms with Gasteiger partial charge in [-0.25, -0.2) is 4.98 Å². The van der Waals surface area contributed by atoms with Crippen LogP contribution >= 0.6 is 11.3 Å². The molecule has 0 atom stereocenters. The van der Waals surface area contributed by atoms with E-state index < -0.39 is 0 Å². The zero-order valence-electron chi connectivity index (χ0n) is 26.1. The fourth-order valence-corrected chi connectivity index (χ4v) is 8.13. The van der Waals surface area contributed by atoms with Gasteiger partial charge in [0, 0.05) is 26.4 Å². The third-order valence-electron chi connectivity index (χ3n) is 9.27. The van der Waals surface area contributed by atoms with Crippen LogP contribution in [0, 0.1) is 17.9 Å². The van der Waals surface area contributed by atoms with E-state index in [4.69, 9.17) is 6.57 Å². The van der Waals surface area contributed by atoms with Crippen molar-refractivity contribution in [2.45, 2.75) is 0 Å². The van der Waals surface area contributed by atoms with Gasteiger partial charge in [-0.2, -0.15) is 5.26 Å². The van der Waals surface area contributed by atoms with Crippen molar-refractivity contribution >= 4 is 58.9 Å². The lowest BCUT2D eigenvalue weighted by Crippen LogP contribution is -1.91. The van der Waals surface area contributed by atoms with E-state index in [2.05, 4.69) is 130 Å². The van der Waals surface area contributed by atoms with E-state index in [-0.39, 0.29) is 0 Å². The maximum absolute atomic E-state index is 9.39. The Balaban J connectivity index is 1.31. The largest absolute Gasteiger partial charge is 0.361 e. The quantitative estimate of drug-likeness (QED) is 0.142. The van der Waals surface area contributed by atoms with E-state index in [0.717, 1.165) is 33.4 Å². The van der Waals surface area contributed by atoms with E-state index >= 15 is 0 Å². The van der Waals surface area contributed by atoms with Gasteiger partial charge in [0.1, 0.15) is 18.0 Å². The summed E-state index contributed by atoms with van der Waals surface area (Å²) in [6, 6.07) is 49.2. The van der Waals surface area contributed by atoms with Crippen molar-refractivity contribution < 1.29 is 0 Å². The average Bonchev–Trinajstić information content (AvgIpc) is 3.54. The predicted molar refractivity (Wildman–Crippen MR) is 203 cm³/mol. The van der Waals surface area contributed by atoms with Crippen LogP contribution in [0.4, 0.5) is 5.82 Å². The SMILES string of the molecule is [C-]#[N+]c1cc(-c2ccc(-c3c4ccccc4c(-c4ccc(-c5ccnc(C#N)c5)cc4)c4cc5sc6ccccc6c5cc34)cc2)ccn1. The van der Waals surface area contributed by atoms with Gasteiger partial charge in [0.05, 0.1) is 0 Å². The summed E-state index contributed by atoms with van der Waals surface area (Å²) in [5, 5.41) is 16.7. The van der Waals surface area contributed by atoms with Crippen molar-refractivity contribution in [2.24, 2.45) is 0 Å². The summed E-state index contributed by atoms with van der Waals surface area (Å²) < 4.78 is 2.54. The van der Waals surface area contributed by atoms with Crippen molar-refractivity contribution in [3.8, 4) is 50.6 Å². The maximum atomic E-state index is 9.39. The minimum atomic E-state index is 0.391. The molecule has 0 spiro atoms. The first kappa shape index (κ1) is 28.6. The van der Waals surface area contributed by atoms with Crippen LogP contribution in [0.1, 0.15) is 5.69 Å². The van der Waals surface area contributed by atoms with Crippen molar-refractivity contribution in [3.05, 3.63) is 163 Å². The molecule has 0 bridgehead atoms. The third-order valence-corrected chi connectivity index (χ3v) is 10.4. The molecule has 3 heterocycles. The van der Waals surface area contributed by atoms with Crippen LogP contribution in [0.25, 0.3) is 91.1 Å². The van der Waals surface area contributed by atoms with Crippen LogP contribution in [0.15, 0.2) is 146 Å². The van der Waals surface area contributed by atoms with Gasteiger partial charge in [-0.15, -0.1) is 16.3 Å². The Bertz CT molecular complexity index is 2840. The summed E-state index contributed by atoms with van der Waals surface area (Å²) in [7, 11) is 0. The molecule has 0 aliphatic rings. The minimum Gasteiger partial charge on any atom is -0.361 e. The predicted octanol–water partition coefficient (Wildman–Crippen LogP) is 12.2. The highest BCUT2D eigenvalue weighted by Crippen LogP contribution is 2.47. The molecule has 0 N–H and O–H groups in total. The number of pyridine rings is 2. The molecular formula is C44H24N4S. The fraction of sp³-hybridized carbons (Fsp3) is 0. The maximum Gasteiger partial charge on any atom is 0.270 e. The zero-order valence-corrected chi connectivity index (χ0v) is 26.9. The van der Waals surface area contributed by atoms with Crippen LogP contribution < -0.4 is 0 Å². The summed E-state index contributed by atoms with van der Waals surface area (Å²) in [5.74, 6) is 0.391. The Labute approximate surface area is 286 Å². The van der Waals surface area contributed by atoms with Gasteiger partial charge < -0.3 is 4.85 Å². The first-order valence-electron chi connectivity index (χ1n) is 15.9. The molecule has 4 nitrogen and oxygen atoms in total. The second-order valence-corrected chi connectivity index (χ2v) is 13.1. The van der Waals surface area contributed by atoms with Crippen LogP contribution in [0.3, 0.4) is 0 Å². The molecule has 0 saturated carbocycles. The first-order chi connectivity index (χ1) is 24.2. The Morgan fingerprint density at radius 3 is 1.67 bits per heavy atom. The van der Waals surface area contributed by atoms with Gasteiger partial charge in [-0.05, 0) is 109 Å². The number of hydrogen-bond donors (Lipinski definition) is 0. The number of fused-ring (bicyclic) bond motifs is 5. The molecule has 3 aromatic heterocycles. The van der Waals surface area contributed by atoms with Gasteiger partial charge in [-0.1, -0.05) is 97.6 Å². The number of benzene rings is 6. The standard InChI is InChI=1S/C44H24N4S/c1-46-42-23-32(19-21-48-42)28-12-16-29(17-13-28)43-35-7-2-3-8-36(35)44(30-14-10-27(11-15-30)31-18-20-47-33(22-31)26-45)39-25-41-37(24-38(39)43)34-6-4-5-9-40(34)49-41/h2-25H. The van der Waals surface area contributed by atoms with Gasteiger partial charge in [0.15, 0.2) is 0 Å². The Morgan fingerprint density at radius 1 is 0.490 bits per heavy atom. The Hall–Kier alpha value is -6.66. The molecule has 5 heteroatoms. The number of rotatable bonds is 4. The first-order valence-corrected chi connectivity index (χ1v) is 16.7. The number of thiophene rings is 1. The van der Waals surface area contributed by atoms with E-state index in [9.17, 15) is 5.26 Å². The zero-order chi connectivity index (χ0) is 32.9. The molecule has 0 fully saturated rings. The van der Waals surface area contributed by atoms with Crippen LogP contribution in [-0.2, 0) is 0 Å². The average molecular weight is 641 g/mol. The summed E-state index contributed by atoms with van der Waals surface area (Å²) in [6.45, 7) is 7.39. The summed E-state index contributed by atoms with van der Waals surface area (Å²) in [4.78, 5) is 11.8. The second-order valence-electron chi connectivity index (χ2n) is 12.0. The molecule has 226 valence electrons. The molecule has 0 aliphatic heterocycles. The molecule has 0 unspecified atom stereocenters. The van der Waals surface area contributed by atoms with Crippen molar-refractivity contribution in [1.82, 2.24) is 9.97 Å². The van der Waals surface area contributed by atoms with E-state index in [0.29, 0.717) is 11.5 Å². The number of nitrogens with zero attached hydrogens (tertiary/aromatic N) is 4. The normalized spacial score (nSPS) is 11.2. The van der Waals surface area contributed by atoms with Crippen molar-refractivity contribution in [2.75, 3.05) is 0 Å². The molecule has 0 amide bonds. The van der Waals surface area contributed by atoms with Crippen LogP contribution in [0.5, 0.6) is 0 Å². The van der Waals surface area contributed by atoms with Gasteiger partial charge in [0.2, 0.25) is 0 Å². The summed E-state index contributed by atoms with van der Waals surface area (Å²) in [5.41, 5.74) is 9.11. The highest BCUT2D eigenvalue weighted by atomic mass is 32.1. The van der Waals surface area contributed by atoms with E-state index in [1.54, 1.807) is 12.4 Å². The Morgan fingerprint density at radius 2 is 1.04 bits per heavy atom. The fourth-order valence-electron chi connectivity index (χ4n) is 7.01. The second kappa shape index (κ2) is 11.5. The van der Waals surface area contributed by atoms with Gasteiger partial charge in [-0.3, -0.25) is 0 Å². The third kappa shape index (κ3) is 4.81. The molecule has 6 aromatic carbocycles. The molecular weight excluding hydrogens is 617 g/mol. The van der Waals surface area contributed by atoms with Gasteiger partial charge >= 0.3 is 0 Å². The molecule has 9 aromatic rings. The lowest BCUT2D eigenvalue weighted by atomic mass is 9.85. The lowest BCUT2D eigenvalue weighted by Gasteiger charge is -2.18. The van der Waals surface area contributed by atoms with Crippen molar-refractivity contribution in [1.29, 1.82) is 5.26 Å².